The molecule has 1 aromatic rings. The summed E-state index contributed by atoms with van der Waals surface area (Å²) in [7, 11) is 1.70. The summed E-state index contributed by atoms with van der Waals surface area (Å²) >= 11 is 0. The maximum atomic E-state index is 13.5. The molecule has 0 aliphatic carbocycles. The second-order valence-corrected chi connectivity index (χ2v) is 4.40. The average Bonchev–Trinajstić information content (AvgIpc) is 2.21. The lowest BCUT2D eigenvalue weighted by Gasteiger charge is -2.26. The number of anilines is 2. The molecule has 16 heavy (non-hydrogen) atoms. The highest BCUT2D eigenvalue weighted by Crippen LogP contribution is 2.20. The fourth-order valence-electron chi connectivity index (χ4n) is 1.58. The van der Waals surface area contributed by atoms with E-state index in [9.17, 15) is 4.39 Å². The highest BCUT2D eigenvalue weighted by atomic mass is 19.1. The molecule has 0 bridgehead atoms. The summed E-state index contributed by atoms with van der Waals surface area (Å²) in [5.41, 5.74) is -0.172. The lowest BCUT2D eigenvalue weighted by atomic mass is 9.99. The Hall–Kier alpha value is -1.39. The van der Waals surface area contributed by atoms with Crippen molar-refractivity contribution in [2.45, 2.75) is 39.2 Å². The van der Waals surface area contributed by atoms with Crippen LogP contribution in [0.25, 0.3) is 0 Å². The van der Waals surface area contributed by atoms with Gasteiger partial charge in [-0.05, 0) is 20.3 Å². The molecule has 0 atom stereocenters. The first-order valence-corrected chi connectivity index (χ1v) is 5.47. The SMILES string of the molecule is CCCC(C)(C)Nc1nc(NC)ncc1F. The third-order valence-electron chi connectivity index (χ3n) is 2.30. The maximum absolute atomic E-state index is 13.5. The lowest BCUT2D eigenvalue weighted by molar-refractivity contribution is 0.501. The zero-order chi connectivity index (χ0) is 12.2. The van der Waals surface area contributed by atoms with Gasteiger partial charge >= 0.3 is 0 Å². The normalized spacial score (nSPS) is 11.3. The molecule has 1 aromatic heterocycles. The minimum Gasteiger partial charge on any atom is -0.363 e. The minimum atomic E-state index is -0.428. The van der Waals surface area contributed by atoms with Crippen LogP contribution in [0.2, 0.25) is 0 Å². The van der Waals surface area contributed by atoms with Crippen LogP contribution >= 0.6 is 0 Å². The quantitative estimate of drug-likeness (QED) is 0.810. The van der Waals surface area contributed by atoms with Crippen molar-refractivity contribution in [3.63, 3.8) is 0 Å². The van der Waals surface area contributed by atoms with E-state index in [1.807, 2.05) is 13.8 Å². The molecule has 90 valence electrons. The molecular formula is C11H19FN4. The van der Waals surface area contributed by atoms with Crippen LogP contribution in [0, 0.1) is 5.82 Å². The smallest absolute Gasteiger partial charge is 0.224 e. The van der Waals surface area contributed by atoms with E-state index in [-0.39, 0.29) is 11.4 Å². The Morgan fingerprint density at radius 3 is 2.69 bits per heavy atom. The Morgan fingerprint density at radius 1 is 1.44 bits per heavy atom. The zero-order valence-corrected chi connectivity index (χ0v) is 10.3. The van der Waals surface area contributed by atoms with E-state index < -0.39 is 5.82 Å². The van der Waals surface area contributed by atoms with Gasteiger partial charge < -0.3 is 10.6 Å². The number of halogens is 1. The fraction of sp³-hybridized carbons (Fsp3) is 0.636. The van der Waals surface area contributed by atoms with Gasteiger partial charge in [-0.15, -0.1) is 0 Å². The zero-order valence-electron chi connectivity index (χ0n) is 10.3. The van der Waals surface area contributed by atoms with Gasteiger partial charge in [-0.3, -0.25) is 0 Å². The van der Waals surface area contributed by atoms with Crippen molar-refractivity contribution in [2.75, 3.05) is 17.7 Å². The molecule has 0 aliphatic heterocycles. The molecule has 0 radical (unpaired) electrons. The van der Waals surface area contributed by atoms with Crippen molar-refractivity contribution in [1.82, 2.24) is 9.97 Å². The third-order valence-corrected chi connectivity index (χ3v) is 2.30. The molecule has 0 amide bonds. The van der Waals surface area contributed by atoms with Crippen molar-refractivity contribution in [1.29, 1.82) is 0 Å². The van der Waals surface area contributed by atoms with Crippen molar-refractivity contribution < 1.29 is 4.39 Å². The van der Waals surface area contributed by atoms with E-state index in [0.717, 1.165) is 12.8 Å². The first-order valence-electron chi connectivity index (χ1n) is 5.47. The van der Waals surface area contributed by atoms with Crippen LogP contribution in [0.3, 0.4) is 0 Å². The second kappa shape index (κ2) is 5.09. The molecule has 0 unspecified atom stereocenters. The van der Waals surface area contributed by atoms with E-state index in [1.165, 1.54) is 6.20 Å². The Bertz CT molecular complexity index is 352. The molecule has 0 spiro atoms. The predicted molar refractivity (Wildman–Crippen MR) is 64.1 cm³/mol. The van der Waals surface area contributed by atoms with Gasteiger partial charge in [0.25, 0.3) is 0 Å². The van der Waals surface area contributed by atoms with Crippen LogP contribution in [-0.2, 0) is 0 Å². The van der Waals surface area contributed by atoms with Gasteiger partial charge in [-0.25, -0.2) is 9.37 Å². The Kier molecular flexibility index (Phi) is 4.04. The van der Waals surface area contributed by atoms with Crippen LogP contribution in [0.1, 0.15) is 33.6 Å². The summed E-state index contributed by atoms with van der Waals surface area (Å²) in [6, 6.07) is 0. The lowest BCUT2D eigenvalue weighted by Crippen LogP contribution is -2.31. The molecule has 2 N–H and O–H groups in total. The Labute approximate surface area is 95.7 Å². The van der Waals surface area contributed by atoms with Crippen LogP contribution in [-0.4, -0.2) is 22.6 Å². The van der Waals surface area contributed by atoms with E-state index in [0.29, 0.717) is 5.95 Å². The van der Waals surface area contributed by atoms with E-state index in [4.69, 9.17) is 0 Å². The minimum absolute atomic E-state index is 0.172. The van der Waals surface area contributed by atoms with Crippen LogP contribution in [0.4, 0.5) is 16.2 Å². The largest absolute Gasteiger partial charge is 0.363 e. The van der Waals surface area contributed by atoms with Gasteiger partial charge in [-0.1, -0.05) is 13.3 Å². The summed E-state index contributed by atoms with van der Waals surface area (Å²) in [6.45, 7) is 6.15. The third kappa shape index (κ3) is 3.32. The van der Waals surface area contributed by atoms with Gasteiger partial charge in [0.2, 0.25) is 5.95 Å². The number of hydrogen-bond acceptors (Lipinski definition) is 4. The monoisotopic (exact) mass is 226 g/mol. The van der Waals surface area contributed by atoms with Crippen molar-refractivity contribution >= 4 is 11.8 Å². The Morgan fingerprint density at radius 2 is 2.12 bits per heavy atom. The van der Waals surface area contributed by atoms with Crippen LogP contribution in [0.15, 0.2) is 6.20 Å². The molecule has 0 saturated heterocycles. The molecule has 4 nitrogen and oxygen atoms in total. The van der Waals surface area contributed by atoms with Gasteiger partial charge in [0.05, 0.1) is 6.20 Å². The number of aromatic nitrogens is 2. The molecular weight excluding hydrogens is 207 g/mol. The number of rotatable bonds is 5. The molecule has 0 saturated carbocycles. The maximum Gasteiger partial charge on any atom is 0.224 e. The second-order valence-electron chi connectivity index (χ2n) is 4.40. The summed E-state index contributed by atoms with van der Waals surface area (Å²) in [4.78, 5) is 7.85. The van der Waals surface area contributed by atoms with E-state index >= 15 is 0 Å². The molecule has 5 heteroatoms. The highest BCUT2D eigenvalue weighted by molar-refractivity contribution is 5.42. The molecule has 1 rings (SSSR count). The van der Waals surface area contributed by atoms with Gasteiger partial charge in [0.1, 0.15) is 0 Å². The number of nitrogens with one attached hydrogen (secondary N) is 2. The molecule has 1 heterocycles. The molecule has 0 aromatic carbocycles. The molecule has 0 aliphatic rings. The standard InChI is InChI=1S/C11H19FN4/c1-5-6-11(2,3)16-9-8(12)7-14-10(13-4)15-9/h7H,5-6H2,1-4H3,(H2,13,14,15,16). The summed E-state index contributed by atoms with van der Waals surface area (Å²) in [6.07, 6.45) is 3.15. The summed E-state index contributed by atoms with van der Waals surface area (Å²) in [5.74, 6) is 0.233. The predicted octanol–water partition coefficient (Wildman–Crippen LogP) is 2.65. The van der Waals surface area contributed by atoms with Crippen molar-refractivity contribution in [3.8, 4) is 0 Å². The average molecular weight is 226 g/mol. The van der Waals surface area contributed by atoms with Gasteiger partial charge in [0, 0.05) is 12.6 Å². The number of hydrogen-bond donors (Lipinski definition) is 2. The first-order chi connectivity index (χ1) is 7.48. The fourth-order valence-corrected chi connectivity index (χ4v) is 1.58. The first kappa shape index (κ1) is 12.7. The molecule has 0 fully saturated rings. The summed E-state index contributed by atoms with van der Waals surface area (Å²) in [5, 5.41) is 5.88. The number of nitrogens with zero attached hydrogens (tertiary/aromatic N) is 2. The van der Waals surface area contributed by atoms with Gasteiger partial charge in [-0.2, -0.15) is 4.98 Å². The highest BCUT2D eigenvalue weighted by Gasteiger charge is 2.19. The van der Waals surface area contributed by atoms with Crippen molar-refractivity contribution in [2.24, 2.45) is 0 Å². The van der Waals surface area contributed by atoms with Crippen molar-refractivity contribution in [3.05, 3.63) is 12.0 Å². The van der Waals surface area contributed by atoms with E-state index in [2.05, 4.69) is 27.5 Å². The summed E-state index contributed by atoms with van der Waals surface area (Å²) < 4.78 is 13.5. The van der Waals surface area contributed by atoms with Crippen LogP contribution < -0.4 is 10.6 Å². The topological polar surface area (TPSA) is 49.8 Å². The Balaban J connectivity index is 2.87. The van der Waals surface area contributed by atoms with Crippen LogP contribution in [0.5, 0.6) is 0 Å². The van der Waals surface area contributed by atoms with Gasteiger partial charge in [0.15, 0.2) is 11.6 Å². The van der Waals surface area contributed by atoms with E-state index in [1.54, 1.807) is 7.05 Å².